The van der Waals surface area contributed by atoms with E-state index in [-0.39, 0.29) is 31.1 Å². The summed E-state index contributed by atoms with van der Waals surface area (Å²) in [7, 11) is 0. The topological polar surface area (TPSA) is 78.9 Å². The average Bonchev–Trinajstić information content (AvgIpc) is 3.12. The Morgan fingerprint density at radius 3 is 1.12 bits per heavy atom. The molecule has 6 heteroatoms. The number of allylic oxidation sites excluding steroid dienone is 4. The third-order valence-corrected chi connectivity index (χ3v) is 9.46. The van der Waals surface area contributed by atoms with Gasteiger partial charge in [-0.3, -0.25) is 14.4 Å². The Labute approximate surface area is 315 Å². The third kappa shape index (κ3) is 38.9. The fraction of sp³-hybridized carbons (Fsp3) is 0.844. The van der Waals surface area contributed by atoms with Crippen LogP contribution in [0.4, 0.5) is 0 Å². The van der Waals surface area contributed by atoms with E-state index in [1.54, 1.807) is 0 Å². The number of hydrogen-bond acceptors (Lipinski definition) is 6. The maximum Gasteiger partial charge on any atom is 0.306 e. The Kier molecular flexibility index (Phi) is 39.0. The van der Waals surface area contributed by atoms with Gasteiger partial charge in [-0.05, 0) is 51.4 Å². The maximum absolute atomic E-state index is 12.7. The summed E-state index contributed by atoms with van der Waals surface area (Å²) < 4.78 is 16.6. The van der Waals surface area contributed by atoms with Crippen LogP contribution < -0.4 is 0 Å². The minimum absolute atomic E-state index is 0.0739. The number of carbonyl (C=O) groups is 3. The van der Waals surface area contributed by atoms with Gasteiger partial charge in [0.2, 0.25) is 0 Å². The van der Waals surface area contributed by atoms with Crippen LogP contribution in [0.1, 0.15) is 226 Å². The first kappa shape index (κ1) is 48.9. The standard InChI is InChI=1S/C45H82O6/c1-4-7-10-13-16-19-20-21-22-23-24-27-30-33-36-39-45(48)51-42(40-49-43(46)37-34-31-28-25-17-14-11-8-5-2)41-50-44(47)38-35-32-29-26-18-15-12-9-6-3/h16,19,21-22,42H,4-15,17-18,20,23-41H2,1-3H3/b19-16-,22-21-. The Balaban J connectivity index is 4.36. The molecule has 0 aliphatic heterocycles. The van der Waals surface area contributed by atoms with Crippen LogP contribution in [-0.2, 0) is 28.6 Å². The molecule has 0 bridgehead atoms. The van der Waals surface area contributed by atoms with Crippen molar-refractivity contribution in [2.24, 2.45) is 0 Å². The molecule has 6 nitrogen and oxygen atoms in total. The fourth-order valence-electron chi connectivity index (χ4n) is 6.12. The van der Waals surface area contributed by atoms with Gasteiger partial charge >= 0.3 is 17.9 Å². The summed E-state index contributed by atoms with van der Waals surface area (Å²) in [6.07, 6.45) is 43.0. The van der Waals surface area contributed by atoms with Crippen LogP contribution in [0.25, 0.3) is 0 Å². The normalized spacial score (nSPS) is 11.6. The van der Waals surface area contributed by atoms with E-state index in [1.165, 1.54) is 103 Å². The highest BCUT2D eigenvalue weighted by atomic mass is 16.6. The van der Waals surface area contributed by atoms with Crippen molar-refractivity contribution in [2.75, 3.05) is 13.2 Å². The lowest BCUT2D eigenvalue weighted by Crippen LogP contribution is -2.30. The summed E-state index contributed by atoms with van der Waals surface area (Å²) in [4.78, 5) is 37.5. The molecule has 0 aromatic carbocycles. The average molecular weight is 719 g/mol. The summed E-state index contributed by atoms with van der Waals surface area (Å²) >= 11 is 0. The number of hydrogen-bond donors (Lipinski definition) is 0. The van der Waals surface area contributed by atoms with Crippen LogP contribution in [-0.4, -0.2) is 37.2 Å². The molecule has 0 spiro atoms. The molecule has 0 atom stereocenters. The molecule has 0 aromatic heterocycles. The smallest absolute Gasteiger partial charge is 0.306 e. The van der Waals surface area contributed by atoms with Crippen LogP contribution in [0.3, 0.4) is 0 Å². The van der Waals surface area contributed by atoms with Crippen LogP contribution in [0, 0.1) is 0 Å². The molecule has 0 saturated carbocycles. The van der Waals surface area contributed by atoms with E-state index < -0.39 is 6.10 Å². The van der Waals surface area contributed by atoms with E-state index in [9.17, 15) is 14.4 Å². The minimum Gasteiger partial charge on any atom is -0.462 e. The van der Waals surface area contributed by atoms with E-state index in [4.69, 9.17) is 14.2 Å². The van der Waals surface area contributed by atoms with Gasteiger partial charge in [-0.1, -0.05) is 180 Å². The monoisotopic (exact) mass is 719 g/mol. The lowest BCUT2D eigenvalue weighted by atomic mass is 10.1. The molecule has 0 aromatic rings. The number of carbonyl (C=O) groups excluding carboxylic acids is 3. The van der Waals surface area contributed by atoms with Gasteiger partial charge in [0.1, 0.15) is 13.2 Å². The molecule has 0 N–H and O–H groups in total. The van der Waals surface area contributed by atoms with Gasteiger partial charge in [-0.2, -0.15) is 0 Å². The summed E-state index contributed by atoms with van der Waals surface area (Å²) in [5.74, 6) is -0.891. The maximum atomic E-state index is 12.7. The molecule has 0 heterocycles. The van der Waals surface area contributed by atoms with Crippen molar-refractivity contribution in [3.63, 3.8) is 0 Å². The molecular formula is C45H82O6. The minimum atomic E-state index is -0.769. The third-order valence-electron chi connectivity index (χ3n) is 9.46. The highest BCUT2D eigenvalue weighted by molar-refractivity contribution is 5.71. The summed E-state index contributed by atoms with van der Waals surface area (Å²) in [5.41, 5.74) is 0. The first-order chi connectivity index (χ1) is 25.0. The second-order valence-corrected chi connectivity index (χ2v) is 14.6. The van der Waals surface area contributed by atoms with Gasteiger partial charge in [-0.15, -0.1) is 0 Å². The predicted molar refractivity (Wildman–Crippen MR) is 215 cm³/mol. The molecule has 0 rings (SSSR count). The van der Waals surface area contributed by atoms with E-state index in [2.05, 4.69) is 45.1 Å². The second kappa shape index (κ2) is 40.7. The molecule has 0 aliphatic rings. The second-order valence-electron chi connectivity index (χ2n) is 14.6. The van der Waals surface area contributed by atoms with Gasteiger partial charge < -0.3 is 14.2 Å². The van der Waals surface area contributed by atoms with Crippen molar-refractivity contribution in [2.45, 2.75) is 232 Å². The van der Waals surface area contributed by atoms with Crippen molar-refractivity contribution in [3.05, 3.63) is 24.3 Å². The molecule has 0 unspecified atom stereocenters. The first-order valence-electron chi connectivity index (χ1n) is 21.8. The highest BCUT2D eigenvalue weighted by Gasteiger charge is 2.19. The SMILES string of the molecule is CCCCC/C=C\C/C=C\CCCCCCCC(=O)OC(COC(=O)CCCCCCCCCCC)COC(=O)CCCCCCCCCCC. The van der Waals surface area contributed by atoms with Gasteiger partial charge in [0.05, 0.1) is 0 Å². The molecule has 0 fully saturated rings. The van der Waals surface area contributed by atoms with Crippen molar-refractivity contribution in [1.82, 2.24) is 0 Å². The Hall–Kier alpha value is -2.11. The summed E-state index contributed by atoms with van der Waals surface area (Å²) in [6.45, 7) is 6.55. The lowest BCUT2D eigenvalue weighted by Gasteiger charge is -2.18. The van der Waals surface area contributed by atoms with E-state index in [0.29, 0.717) is 19.3 Å². The molecule has 0 amide bonds. The first-order valence-corrected chi connectivity index (χ1v) is 21.8. The Bertz CT molecular complexity index is 797. The molecule has 298 valence electrons. The lowest BCUT2D eigenvalue weighted by molar-refractivity contribution is -0.167. The predicted octanol–water partition coefficient (Wildman–Crippen LogP) is 13.6. The molecule has 0 radical (unpaired) electrons. The van der Waals surface area contributed by atoms with Crippen LogP contribution in [0.5, 0.6) is 0 Å². The van der Waals surface area contributed by atoms with Crippen LogP contribution in [0.2, 0.25) is 0 Å². The fourth-order valence-corrected chi connectivity index (χ4v) is 6.12. The molecule has 0 saturated heterocycles. The number of ether oxygens (including phenoxy) is 3. The summed E-state index contributed by atoms with van der Waals surface area (Å²) in [6, 6.07) is 0. The Morgan fingerprint density at radius 1 is 0.392 bits per heavy atom. The van der Waals surface area contributed by atoms with Crippen LogP contribution in [0.15, 0.2) is 24.3 Å². The number of esters is 3. The zero-order valence-electron chi connectivity index (χ0n) is 33.9. The van der Waals surface area contributed by atoms with Crippen LogP contribution >= 0.6 is 0 Å². The van der Waals surface area contributed by atoms with Crippen molar-refractivity contribution in [3.8, 4) is 0 Å². The zero-order chi connectivity index (χ0) is 37.3. The molecule has 0 aliphatic carbocycles. The number of unbranched alkanes of at least 4 members (excludes halogenated alkanes) is 24. The van der Waals surface area contributed by atoms with E-state index in [0.717, 1.165) is 83.5 Å². The zero-order valence-corrected chi connectivity index (χ0v) is 33.9. The van der Waals surface area contributed by atoms with Gasteiger partial charge in [0.15, 0.2) is 6.10 Å². The molecular weight excluding hydrogens is 636 g/mol. The van der Waals surface area contributed by atoms with E-state index in [1.807, 2.05) is 0 Å². The largest absolute Gasteiger partial charge is 0.462 e. The number of rotatable bonds is 39. The van der Waals surface area contributed by atoms with Crippen molar-refractivity contribution in [1.29, 1.82) is 0 Å². The van der Waals surface area contributed by atoms with E-state index >= 15 is 0 Å². The van der Waals surface area contributed by atoms with Gasteiger partial charge in [0, 0.05) is 19.3 Å². The van der Waals surface area contributed by atoms with Crippen molar-refractivity contribution < 1.29 is 28.6 Å². The highest BCUT2D eigenvalue weighted by Crippen LogP contribution is 2.14. The summed E-state index contributed by atoms with van der Waals surface area (Å²) in [5, 5.41) is 0. The Morgan fingerprint density at radius 2 is 0.706 bits per heavy atom. The van der Waals surface area contributed by atoms with Crippen molar-refractivity contribution >= 4 is 17.9 Å². The van der Waals surface area contributed by atoms with Gasteiger partial charge in [0.25, 0.3) is 0 Å². The quantitative estimate of drug-likeness (QED) is 0.0272. The van der Waals surface area contributed by atoms with Gasteiger partial charge in [-0.25, -0.2) is 0 Å². The molecule has 51 heavy (non-hydrogen) atoms.